The summed E-state index contributed by atoms with van der Waals surface area (Å²) < 4.78 is 30.0. The summed E-state index contributed by atoms with van der Waals surface area (Å²) in [6.07, 6.45) is 1.09. The van der Waals surface area contributed by atoms with E-state index in [2.05, 4.69) is 11.9 Å². The van der Waals surface area contributed by atoms with Crippen LogP contribution in [0.4, 0.5) is 5.69 Å². The van der Waals surface area contributed by atoms with E-state index < -0.39 is 16.0 Å². The monoisotopic (exact) mass is 251 g/mol. The van der Waals surface area contributed by atoms with Crippen LogP contribution in [-0.2, 0) is 14.9 Å². The van der Waals surface area contributed by atoms with E-state index in [4.69, 9.17) is 4.55 Å². The molecule has 0 saturated heterocycles. The van der Waals surface area contributed by atoms with Crippen molar-refractivity contribution in [3.05, 3.63) is 36.9 Å². The van der Waals surface area contributed by atoms with Gasteiger partial charge in [-0.15, -0.1) is 0 Å². The van der Waals surface area contributed by atoms with E-state index in [0.717, 1.165) is 6.08 Å². The van der Waals surface area contributed by atoms with Crippen molar-refractivity contribution >= 4 is 51.3 Å². The fraction of sp³-hybridized carbons (Fsp3) is 0. The molecule has 1 rings (SSSR count). The number of benzene rings is 1. The summed E-state index contributed by atoms with van der Waals surface area (Å²) in [4.78, 5) is 10.6. The number of nitrogens with one attached hydrogen (secondary N) is 1. The van der Waals surface area contributed by atoms with Crippen LogP contribution in [0.3, 0.4) is 0 Å². The molecule has 0 aliphatic rings. The van der Waals surface area contributed by atoms with E-state index in [-0.39, 0.29) is 34.5 Å². The van der Waals surface area contributed by atoms with Crippen LogP contribution >= 0.6 is 0 Å². The van der Waals surface area contributed by atoms with E-state index >= 15 is 0 Å². The number of hydrogen-bond acceptors (Lipinski definition) is 3. The van der Waals surface area contributed by atoms with Crippen LogP contribution in [0.5, 0.6) is 0 Å². The van der Waals surface area contributed by atoms with E-state index in [1.807, 2.05) is 0 Å². The zero-order valence-electron chi connectivity index (χ0n) is 7.67. The summed E-state index contributed by atoms with van der Waals surface area (Å²) >= 11 is 0. The van der Waals surface area contributed by atoms with E-state index in [1.54, 1.807) is 0 Å². The molecule has 0 unspecified atom stereocenters. The molecule has 0 radical (unpaired) electrons. The third kappa shape index (κ3) is 4.46. The fourth-order valence-corrected chi connectivity index (χ4v) is 1.38. The van der Waals surface area contributed by atoms with Gasteiger partial charge < -0.3 is 5.32 Å². The summed E-state index contributed by atoms with van der Waals surface area (Å²) in [7, 11) is -4.19. The van der Waals surface area contributed by atoms with Crippen LogP contribution in [0.15, 0.2) is 41.8 Å². The van der Waals surface area contributed by atoms with Crippen LogP contribution in [0.25, 0.3) is 0 Å². The summed E-state index contributed by atoms with van der Waals surface area (Å²) in [5.74, 6) is -0.394. The zero-order chi connectivity index (χ0) is 11.5. The molecular weight excluding hydrogens is 241 g/mol. The standard InChI is InChI=1S/C9H9NO4S.Na.H/c1-2-9(11)10-7-3-5-8(6-4-7)15(12,13)14;;/h2-6H,1H2,(H,10,11)(H,12,13,14);;. The SMILES string of the molecule is C=CC(=O)Nc1ccc(S(=O)(=O)O)cc1.[NaH]. The van der Waals surface area contributed by atoms with Gasteiger partial charge in [0.25, 0.3) is 10.1 Å². The van der Waals surface area contributed by atoms with E-state index in [0.29, 0.717) is 5.69 Å². The number of hydrogen-bond donors (Lipinski definition) is 2. The first-order chi connectivity index (χ1) is 6.93. The maximum absolute atomic E-state index is 10.9. The first-order valence-corrected chi connectivity index (χ1v) is 5.38. The van der Waals surface area contributed by atoms with Crippen molar-refractivity contribution in [1.82, 2.24) is 0 Å². The first kappa shape index (κ1) is 15.3. The third-order valence-electron chi connectivity index (χ3n) is 1.61. The van der Waals surface area contributed by atoms with Crippen molar-refractivity contribution in [2.75, 3.05) is 5.32 Å². The first-order valence-electron chi connectivity index (χ1n) is 3.94. The Morgan fingerprint density at radius 1 is 1.31 bits per heavy atom. The molecule has 1 aromatic carbocycles. The second kappa shape index (κ2) is 6.17. The number of amides is 1. The zero-order valence-corrected chi connectivity index (χ0v) is 8.49. The van der Waals surface area contributed by atoms with E-state index in [1.165, 1.54) is 24.3 Å². The van der Waals surface area contributed by atoms with E-state index in [9.17, 15) is 13.2 Å². The Morgan fingerprint density at radius 2 is 1.81 bits per heavy atom. The average Bonchev–Trinajstić information content (AvgIpc) is 2.17. The molecule has 0 atom stereocenters. The van der Waals surface area contributed by atoms with Gasteiger partial charge in [-0.2, -0.15) is 8.42 Å². The van der Waals surface area contributed by atoms with Gasteiger partial charge in [0.05, 0.1) is 4.90 Å². The predicted molar refractivity (Wildman–Crippen MR) is 62.2 cm³/mol. The minimum absolute atomic E-state index is 0. The second-order valence-electron chi connectivity index (χ2n) is 2.69. The number of anilines is 1. The third-order valence-corrected chi connectivity index (χ3v) is 2.47. The van der Waals surface area contributed by atoms with Gasteiger partial charge in [0.2, 0.25) is 5.91 Å². The molecule has 0 spiro atoms. The molecule has 1 aromatic rings. The second-order valence-corrected chi connectivity index (χ2v) is 4.11. The molecule has 0 saturated carbocycles. The van der Waals surface area contributed by atoms with Gasteiger partial charge in [0.1, 0.15) is 0 Å². The summed E-state index contributed by atoms with van der Waals surface area (Å²) in [6, 6.07) is 5.11. The Balaban J connectivity index is 0.00000225. The molecule has 1 amide bonds. The van der Waals surface area contributed by atoms with Gasteiger partial charge in [-0.3, -0.25) is 9.35 Å². The molecule has 0 bridgehead atoms. The Bertz CT molecular complexity index is 481. The van der Waals surface area contributed by atoms with Crippen molar-refractivity contribution in [1.29, 1.82) is 0 Å². The van der Waals surface area contributed by atoms with Gasteiger partial charge in [-0.25, -0.2) is 0 Å². The van der Waals surface area contributed by atoms with Crippen LogP contribution in [-0.4, -0.2) is 48.4 Å². The molecule has 82 valence electrons. The van der Waals surface area contributed by atoms with Crippen LogP contribution in [0.1, 0.15) is 0 Å². The van der Waals surface area contributed by atoms with Crippen LogP contribution < -0.4 is 5.32 Å². The molecule has 0 aliphatic heterocycles. The fourth-order valence-electron chi connectivity index (χ4n) is 0.904. The molecule has 0 fully saturated rings. The number of carbonyl (C=O) groups is 1. The maximum atomic E-state index is 10.9. The van der Waals surface area contributed by atoms with Crippen molar-refractivity contribution in [2.24, 2.45) is 0 Å². The van der Waals surface area contributed by atoms with Crippen LogP contribution in [0.2, 0.25) is 0 Å². The molecule has 16 heavy (non-hydrogen) atoms. The van der Waals surface area contributed by atoms with Gasteiger partial charge >= 0.3 is 29.6 Å². The van der Waals surface area contributed by atoms with Crippen molar-refractivity contribution in [2.45, 2.75) is 4.90 Å². The topological polar surface area (TPSA) is 83.5 Å². The molecule has 5 nitrogen and oxygen atoms in total. The van der Waals surface area contributed by atoms with Gasteiger partial charge in [0.15, 0.2) is 0 Å². The normalized spacial score (nSPS) is 10.1. The number of carbonyl (C=O) groups excluding carboxylic acids is 1. The van der Waals surface area contributed by atoms with Crippen molar-refractivity contribution < 1.29 is 17.8 Å². The van der Waals surface area contributed by atoms with Crippen LogP contribution in [0, 0.1) is 0 Å². The van der Waals surface area contributed by atoms with Gasteiger partial charge in [-0.05, 0) is 30.3 Å². The summed E-state index contributed by atoms with van der Waals surface area (Å²) in [5, 5.41) is 2.44. The summed E-state index contributed by atoms with van der Waals surface area (Å²) in [6.45, 7) is 3.27. The van der Waals surface area contributed by atoms with Crippen molar-refractivity contribution in [3.8, 4) is 0 Å². The Kier molecular flexibility index (Phi) is 5.91. The predicted octanol–water partition coefficient (Wildman–Crippen LogP) is 0.409. The van der Waals surface area contributed by atoms with Gasteiger partial charge in [0, 0.05) is 5.69 Å². The summed E-state index contributed by atoms with van der Waals surface area (Å²) in [5.41, 5.74) is 0.423. The Hall–Kier alpha value is -0.660. The Morgan fingerprint density at radius 3 is 2.19 bits per heavy atom. The number of rotatable bonds is 3. The van der Waals surface area contributed by atoms with Gasteiger partial charge in [-0.1, -0.05) is 6.58 Å². The average molecular weight is 251 g/mol. The quantitative estimate of drug-likeness (QED) is 0.463. The molecule has 0 heterocycles. The molecule has 0 aliphatic carbocycles. The molecule has 0 aromatic heterocycles. The molecule has 2 N–H and O–H groups in total. The molecular formula is C9H10NNaO4S. The van der Waals surface area contributed by atoms with Crippen molar-refractivity contribution in [3.63, 3.8) is 0 Å². The Labute approximate surface area is 116 Å². The molecule has 7 heteroatoms. The minimum atomic E-state index is -4.19.